The number of nitrogens with one attached hydrogen (secondary N) is 1. The maximum absolute atomic E-state index is 14.7. The average molecular weight is 584 g/mol. The number of phenols is 1. The Bertz CT molecular complexity index is 1530. The van der Waals surface area contributed by atoms with Gasteiger partial charge in [-0.1, -0.05) is 12.1 Å². The number of anilines is 2. The van der Waals surface area contributed by atoms with Crippen LogP contribution in [0.2, 0.25) is 0 Å². The summed E-state index contributed by atoms with van der Waals surface area (Å²) in [5.74, 6) is -0.501. The zero-order valence-corrected chi connectivity index (χ0v) is 23.5. The molecule has 2 N–H and O–H groups in total. The third kappa shape index (κ3) is 5.03. The summed E-state index contributed by atoms with van der Waals surface area (Å²) in [4.78, 5) is 15.8. The molecule has 42 heavy (non-hydrogen) atoms. The first kappa shape index (κ1) is 27.9. The number of ether oxygens (including phenoxy) is 2. The summed E-state index contributed by atoms with van der Waals surface area (Å²) in [5, 5.41) is 21.4. The van der Waals surface area contributed by atoms with Crippen molar-refractivity contribution in [2.24, 2.45) is 0 Å². The topological polar surface area (TPSA) is 100 Å². The minimum atomic E-state index is -2.70. The molecule has 3 aliphatic rings. The second kappa shape index (κ2) is 10.2. The van der Waals surface area contributed by atoms with E-state index in [9.17, 15) is 23.1 Å². The average Bonchev–Trinajstić information content (AvgIpc) is 3.33. The van der Waals surface area contributed by atoms with Crippen LogP contribution in [-0.2, 0) is 17.7 Å². The number of carbonyl (C=O) groups is 1. The van der Waals surface area contributed by atoms with Crippen LogP contribution in [0.5, 0.6) is 11.5 Å². The summed E-state index contributed by atoms with van der Waals surface area (Å²) in [6.07, 6.45) is -2.93. The van der Waals surface area contributed by atoms with Gasteiger partial charge in [-0.15, -0.1) is 10.2 Å². The molecular weight excluding hydrogens is 551 g/mol. The van der Waals surface area contributed by atoms with Gasteiger partial charge in [0.2, 0.25) is 0 Å². The number of para-hydroxylation sites is 1. The van der Waals surface area contributed by atoms with Crippen LogP contribution in [0.1, 0.15) is 38.3 Å². The fourth-order valence-corrected chi connectivity index (χ4v) is 5.90. The number of alkyl halides is 2. The number of aromatic nitrogens is 2. The van der Waals surface area contributed by atoms with Crippen molar-refractivity contribution in [3.05, 3.63) is 59.4 Å². The zero-order valence-electron chi connectivity index (χ0n) is 23.5. The number of benzene rings is 2. The molecule has 1 fully saturated rings. The van der Waals surface area contributed by atoms with Crippen molar-refractivity contribution in [2.75, 3.05) is 29.9 Å². The van der Waals surface area contributed by atoms with Crippen LogP contribution in [-0.4, -0.2) is 69.6 Å². The molecule has 2 atom stereocenters. The van der Waals surface area contributed by atoms with Gasteiger partial charge in [-0.25, -0.2) is 18.0 Å². The smallest absolute Gasteiger partial charge is 0.410 e. The molecule has 0 aliphatic carbocycles. The Morgan fingerprint density at radius 1 is 1.17 bits per heavy atom. The summed E-state index contributed by atoms with van der Waals surface area (Å²) in [5.41, 5.74) is 0.552. The maximum atomic E-state index is 14.7. The quantitative estimate of drug-likeness (QED) is 0.423. The number of rotatable bonds is 4. The Balaban J connectivity index is 1.22. The molecule has 0 bridgehead atoms. The van der Waals surface area contributed by atoms with Gasteiger partial charge < -0.3 is 29.7 Å². The lowest BCUT2D eigenvalue weighted by atomic mass is 9.93. The van der Waals surface area contributed by atoms with E-state index in [2.05, 4.69) is 15.5 Å². The highest BCUT2D eigenvalue weighted by Crippen LogP contribution is 2.46. The highest BCUT2D eigenvalue weighted by atomic mass is 19.3. The Hall–Kier alpha value is -4.22. The van der Waals surface area contributed by atoms with Gasteiger partial charge in [0.15, 0.2) is 17.4 Å². The normalized spacial score (nSPS) is 21.4. The van der Waals surface area contributed by atoms with E-state index in [1.807, 2.05) is 32.9 Å². The third-order valence-electron chi connectivity index (χ3n) is 7.94. The van der Waals surface area contributed by atoms with Gasteiger partial charge in [0.1, 0.15) is 23.0 Å². The first-order chi connectivity index (χ1) is 19.9. The van der Waals surface area contributed by atoms with Crippen molar-refractivity contribution in [2.45, 2.75) is 63.8 Å². The highest BCUT2D eigenvalue weighted by Gasteiger charge is 2.56. The number of fused-ring (bicyclic) bond motifs is 4. The molecule has 6 rings (SSSR count). The van der Waals surface area contributed by atoms with Crippen molar-refractivity contribution in [1.29, 1.82) is 0 Å². The van der Waals surface area contributed by atoms with E-state index in [4.69, 9.17) is 9.47 Å². The minimum absolute atomic E-state index is 0.0541. The molecular formula is C30H32F3N5O4. The molecule has 1 amide bonds. The van der Waals surface area contributed by atoms with E-state index in [0.29, 0.717) is 36.8 Å². The van der Waals surface area contributed by atoms with Crippen LogP contribution >= 0.6 is 0 Å². The van der Waals surface area contributed by atoms with E-state index >= 15 is 0 Å². The Kier molecular flexibility index (Phi) is 6.81. The lowest BCUT2D eigenvalue weighted by Crippen LogP contribution is -2.57. The summed E-state index contributed by atoms with van der Waals surface area (Å²) >= 11 is 0. The van der Waals surface area contributed by atoms with Crippen LogP contribution in [0, 0.1) is 5.82 Å². The van der Waals surface area contributed by atoms with E-state index in [0.717, 1.165) is 17.2 Å². The minimum Gasteiger partial charge on any atom is -0.504 e. The van der Waals surface area contributed by atoms with Gasteiger partial charge in [-0.05, 0) is 68.7 Å². The van der Waals surface area contributed by atoms with E-state index in [1.54, 1.807) is 15.9 Å². The van der Waals surface area contributed by atoms with Gasteiger partial charge in [-0.3, -0.25) is 0 Å². The molecule has 0 radical (unpaired) electrons. The van der Waals surface area contributed by atoms with E-state index in [-0.39, 0.29) is 36.9 Å². The number of aromatic hydroxyl groups is 1. The van der Waals surface area contributed by atoms with Crippen molar-refractivity contribution in [3.8, 4) is 22.8 Å². The number of amides is 1. The van der Waals surface area contributed by atoms with Gasteiger partial charge in [0.25, 0.3) is 6.43 Å². The predicted octanol–water partition coefficient (Wildman–Crippen LogP) is 5.37. The monoisotopic (exact) mass is 583 g/mol. The number of phenolic OH excluding ortho intramolecular Hbond substituents is 1. The molecule has 0 unspecified atom stereocenters. The Labute approximate surface area is 241 Å². The predicted molar refractivity (Wildman–Crippen MR) is 149 cm³/mol. The molecule has 222 valence electrons. The lowest BCUT2D eigenvalue weighted by Gasteiger charge is -2.43. The molecule has 1 aromatic heterocycles. The summed E-state index contributed by atoms with van der Waals surface area (Å²) in [7, 11) is 0. The molecule has 3 aliphatic heterocycles. The summed E-state index contributed by atoms with van der Waals surface area (Å²) < 4.78 is 55.3. The van der Waals surface area contributed by atoms with Crippen LogP contribution in [0.15, 0.2) is 42.5 Å². The van der Waals surface area contributed by atoms with Crippen molar-refractivity contribution >= 4 is 17.6 Å². The number of carbonyl (C=O) groups excluding carboxylic acids is 1. The maximum Gasteiger partial charge on any atom is 0.410 e. The van der Waals surface area contributed by atoms with E-state index < -0.39 is 35.2 Å². The van der Waals surface area contributed by atoms with Crippen molar-refractivity contribution in [3.63, 3.8) is 0 Å². The van der Waals surface area contributed by atoms with Crippen molar-refractivity contribution < 1.29 is 32.5 Å². The molecule has 2 aromatic carbocycles. The number of nitrogens with zero attached hydrogens (tertiary/aromatic N) is 4. The first-order valence-corrected chi connectivity index (χ1v) is 13.9. The molecule has 12 heteroatoms. The van der Waals surface area contributed by atoms with Crippen LogP contribution < -0.4 is 15.0 Å². The van der Waals surface area contributed by atoms with Gasteiger partial charge in [-0.2, -0.15) is 0 Å². The van der Waals surface area contributed by atoms with Crippen molar-refractivity contribution in [1.82, 2.24) is 15.1 Å². The molecule has 1 saturated heterocycles. The first-order valence-electron chi connectivity index (χ1n) is 13.9. The largest absolute Gasteiger partial charge is 0.504 e. The number of hydrogen-bond acceptors (Lipinski definition) is 8. The molecule has 0 saturated carbocycles. The summed E-state index contributed by atoms with van der Waals surface area (Å²) in [6, 6.07) is 11.2. The van der Waals surface area contributed by atoms with Crippen LogP contribution in [0.3, 0.4) is 0 Å². The fourth-order valence-electron chi connectivity index (χ4n) is 5.90. The Morgan fingerprint density at radius 3 is 2.74 bits per heavy atom. The fraction of sp³-hybridized carbons (Fsp3) is 0.433. The standard InChI is InChI=1S/C30H32F3N5O4/c1-29(2,3)42-28(40)37-10-9-17-11-19(8-7-18(17)14-37)41-20-13-30(27(32)33)16-34-26-24(38(30)15-20)12-23(35-36-26)21-5-4-6-22(31)25(21)39/h4-8,11-12,20,27,39H,9-10,13-16H2,1-3H3,(H,34,36)/t20-,30-/m1/s1. The van der Waals surface area contributed by atoms with Gasteiger partial charge in [0.05, 0.1) is 17.9 Å². The molecule has 0 spiro atoms. The Morgan fingerprint density at radius 2 is 1.98 bits per heavy atom. The van der Waals surface area contributed by atoms with Crippen LogP contribution in [0.4, 0.5) is 29.5 Å². The second-order valence-corrected chi connectivity index (χ2v) is 12.0. The van der Waals surface area contributed by atoms with Gasteiger partial charge >= 0.3 is 6.09 Å². The SMILES string of the molecule is CC(C)(C)OC(=O)N1CCc2cc(O[C@H]3CN4c5cc(-c6cccc(F)c6O)nnc5NC[C@@]4(C(F)F)C3)ccc2C1. The lowest BCUT2D eigenvalue weighted by molar-refractivity contribution is 0.0223. The second-order valence-electron chi connectivity index (χ2n) is 12.0. The van der Waals surface area contributed by atoms with E-state index in [1.165, 1.54) is 18.2 Å². The highest BCUT2D eigenvalue weighted by molar-refractivity contribution is 5.78. The summed E-state index contributed by atoms with van der Waals surface area (Å²) in [6.45, 7) is 6.53. The third-order valence-corrected chi connectivity index (χ3v) is 7.94. The molecule has 3 aromatic rings. The zero-order chi connectivity index (χ0) is 29.8. The number of hydrogen-bond donors (Lipinski definition) is 2. The molecule has 9 nitrogen and oxygen atoms in total. The number of halogens is 3. The van der Waals surface area contributed by atoms with Gasteiger partial charge in [0, 0.05) is 31.6 Å². The van der Waals surface area contributed by atoms with Crippen LogP contribution in [0.25, 0.3) is 11.3 Å². The molecule has 4 heterocycles.